The number of nitrogens with two attached hydrogens (primary N) is 1. The van der Waals surface area contributed by atoms with Gasteiger partial charge in [-0.1, -0.05) is 12.1 Å². The number of imide groups is 1. The lowest BCUT2D eigenvalue weighted by Gasteiger charge is -2.49. The number of anilines is 1. The van der Waals surface area contributed by atoms with Gasteiger partial charge >= 0.3 is 0 Å². The van der Waals surface area contributed by atoms with Crippen LogP contribution >= 0.6 is 0 Å². The van der Waals surface area contributed by atoms with E-state index < -0.39 is 5.41 Å². The van der Waals surface area contributed by atoms with Gasteiger partial charge in [0.2, 0.25) is 11.8 Å². The zero-order valence-electron chi connectivity index (χ0n) is 8.69. The second-order valence-electron chi connectivity index (χ2n) is 4.63. The first kappa shape index (κ1) is 9.39. The van der Waals surface area contributed by atoms with E-state index in [-0.39, 0.29) is 17.7 Å². The highest BCUT2D eigenvalue weighted by Crippen LogP contribution is 2.50. The van der Waals surface area contributed by atoms with E-state index in [1.165, 1.54) is 0 Å². The fourth-order valence-corrected chi connectivity index (χ4v) is 2.65. The minimum atomic E-state index is -0.480. The summed E-state index contributed by atoms with van der Waals surface area (Å²) in [5.74, 6) is -0.276. The van der Waals surface area contributed by atoms with E-state index in [2.05, 4.69) is 5.32 Å². The van der Waals surface area contributed by atoms with E-state index >= 15 is 0 Å². The van der Waals surface area contributed by atoms with E-state index in [1.807, 2.05) is 12.1 Å². The first-order valence-corrected chi connectivity index (χ1v) is 5.33. The Labute approximate surface area is 92.8 Å². The Morgan fingerprint density at radius 2 is 1.81 bits per heavy atom. The first-order chi connectivity index (χ1) is 7.62. The summed E-state index contributed by atoms with van der Waals surface area (Å²) in [6, 6.07) is 7.34. The van der Waals surface area contributed by atoms with Crippen molar-refractivity contribution in [2.75, 3.05) is 5.73 Å². The molecule has 0 unspecified atom stereocenters. The maximum Gasteiger partial charge on any atom is 0.237 e. The lowest BCUT2D eigenvalue weighted by Crippen LogP contribution is -2.64. The summed E-state index contributed by atoms with van der Waals surface area (Å²) >= 11 is 0. The molecule has 2 heterocycles. The van der Waals surface area contributed by atoms with Crippen molar-refractivity contribution in [2.24, 2.45) is 5.92 Å². The maximum atomic E-state index is 11.9. The van der Waals surface area contributed by atoms with Gasteiger partial charge in [0.05, 0.1) is 5.41 Å². The number of hydrogen-bond donors (Lipinski definition) is 2. The number of carbonyl (C=O) groups excluding carboxylic acids is 2. The molecule has 16 heavy (non-hydrogen) atoms. The average molecular weight is 216 g/mol. The summed E-state index contributed by atoms with van der Waals surface area (Å²) in [4.78, 5) is 23.2. The summed E-state index contributed by atoms with van der Waals surface area (Å²) in [6.07, 6.45) is 1.28. The van der Waals surface area contributed by atoms with Crippen molar-refractivity contribution < 1.29 is 9.59 Å². The summed E-state index contributed by atoms with van der Waals surface area (Å²) in [5, 5.41) is 2.42. The van der Waals surface area contributed by atoms with Gasteiger partial charge in [-0.3, -0.25) is 14.9 Å². The molecule has 3 fully saturated rings. The SMILES string of the molecule is Nc1ccc(C23CC(C2)C(=O)NC3=O)cc1. The van der Waals surface area contributed by atoms with Crippen LogP contribution in [0.15, 0.2) is 24.3 Å². The number of rotatable bonds is 1. The van der Waals surface area contributed by atoms with E-state index in [1.54, 1.807) is 12.1 Å². The lowest BCUT2D eigenvalue weighted by molar-refractivity contribution is -0.151. The summed E-state index contributed by atoms with van der Waals surface area (Å²) in [7, 11) is 0. The summed E-state index contributed by atoms with van der Waals surface area (Å²) in [5.41, 5.74) is 6.78. The molecule has 0 radical (unpaired) electrons. The molecule has 1 aromatic carbocycles. The minimum absolute atomic E-state index is 0.00949. The molecule has 1 aliphatic carbocycles. The van der Waals surface area contributed by atoms with Gasteiger partial charge in [0.15, 0.2) is 0 Å². The fraction of sp³-hybridized carbons (Fsp3) is 0.333. The average Bonchev–Trinajstić information content (AvgIpc) is 2.17. The molecule has 4 nitrogen and oxygen atoms in total. The van der Waals surface area contributed by atoms with Crippen LogP contribution in [0.5, 0.6) is 0 Å². The molecular formula is C12H12N2O2. The zero-order valence-corrected chi connectivity index (χ0v) is 8.69. The Hall–Kier alpha value is -1.84. The van der Waals surface area contributed by atoms with Crippen molar-refractivity contribution >= 4 is 17.5 Å². The number of amides is 2. The Kier molecular flexibility index (Phi) is 1.67. The number of carbonyl (C=O) groups is 2. The quantitative estimate of drug-likeness (QED) is 0.532. The molecule has 0 spiro atoms. The van der Waals surface area contributed by atoms with Crippen LogP contribution in [0.2, 0.25) is 0 Å². The Balaban J connectivity index is 1.99. The highest BCUT2D eigenvalue weighted by molar-refractivity contribution is 6.07. The van der Waals surface area contributed by atoms with Crippen LogP contribution in [0.1, 0.15) is 18.4 Å². The number of nitrogen functional groups attached to an aromatic ring is 1. The predicted octanol–water partition coefficient (Wildman–Crippen LogP) is 0.573. The Bertz CT molecular complexity index is 472. The van der Waals surface area contributed by atoms with E-state index in [9.17, 15) is 9.59 Å². The highest BCUT2D eigenvalue weighted by Gasteiger charge is 2.58. The molecule has 1 saturated carbocycles. The topological polar surface area (TPSA) is 72.2 Å². The molecule has 0 atom stereocenters. The summed E-state index contributed by atoms with van der Waals surface area (Å²) < 4.78 is 0. The van der Waals surface area contributed by atoms with Gasteiger partial charge in [-0.15, -0.1) is 0 Å². The third-order valence-corrected chi connectivity index (χ3v) is 3.70. The van der Waals surface area contributed by atoms with Crippen LogP contribution in [0.25, 0.3) is 0 Å². The summed E-state index contributed by atoms with van der Waals surface area (Å²) in [6.45, 7) is 0. The number of piperidine rings is 2. The van der Waals surface area contributed by atoms with Gasteiger partial charge in [-0.2, -0.15) is 0 Å². The third-order valence-electron chi connectivity index (χ3n) is 3.70. The van der Waals surface area contributed by atoms with E-state index in [4.69, 9.17) is 5.73 Å². The number of hydrogen-bond acceptors (Lipinski definition) is 3. The largest absolute Gasteiger partial charge is 0.399 e. The molecule has 4 heteroatoms. The highest BCUT2D eigenvalue weighted by atomic mass is 16.2. The van der Waals surface area contributed by atoms with Crippen molar-refractivity contribution in [1.82, 2.24) is 5.32 Å². The van der Waals surface area contributed by atoms with Gasteiger partial charge < -0.3 is 5.73 Å². The lowest BCUT2D eigenvalue weighted by atomic mass is 9.55. The smallest absolute Gasteiger partial charge is 0.237 e. The molecule has 3 N–H and O–H groups in total. The molecule has 2 saturated heterocycles. The fourth-order valence-electron chi connectivity index (χ4n) is 2.65. The molecular weight excluding hydrogens is 204 g/mol. The van der Waals surface area contributed by atoms with Gasteiger partial charge in [-0.25, -0.2) is 0 Å². The standard InChI is InChI=1S/C12H12N2O2/c13-9-3-1-8(2-4-9)12-5-7(6-12)10(15)14-11(12)16/h1-4,7H,5-6,13H2,(H,14,15,16). The number of fused-ring (bicyclic) bond motifs is 2. The van der Waals surface area contributed by atoms with Crippen LogP contribution in [-0.4, -0.2) is 11.8 Å². The predicted molar refractivity (Wildman–Crippen MR) is 58.4 cm³/mol. The van der Waals surface area contributed by atoms with Gasteiger partial charge in [0, 0.05) is 11.6 Å². The van der Waals surface area contributed by atoms with Crippen molar-refractivity contribution in [3.63, 3.8) is 0 Å². The molecule has 82 valence electrons. The van der Waals surface area contributed by atoms with Crippen molar-refractivity contribution in [3.05, 3.63) is 29.8 Å². The second-order valence-corrected chi connectivity index (χ2v) is 4.63. The molecule has 2 amide bonds. The van der Waals surface area contributed by atoms with Gasteiger partial charge in [0.1, 0.15) is 0 Å². The van der Waals surface area contributed by atoms with Crippen molar-refractivity contribution in [3.8, 4) is 0 Å². The van der Waals surface area contributed by atoms with Crippen molar-refractivity contribution in [2.45, 2.75) is 18.3 Å². The van der Waals surface area contributed by atoms with Gasteiger partial charge in [-0.05, 0) is 30.5 Å². The Morgan fingerprint density at radius 1 is 1.19 bits per heavy atom. The molecule has 0 aromatic heterocycles. The van der Waals surface area contributed by atoms with Crippen LogP contribution in [0.4, 0.5) is 5.69 Å². The van der Waals surface area contributed by atoms with Crippen LogP contribution in [-0.2, 0) is 15.0 Å². The minimum Gasteiger partial charge on any atom is -0.399 e. The van der Waals surface area contributed by atoms with Gasteiger partial charge in [0.25, 0.3) is 0 Å². The Morgan fingerprint density at radius 3 is 2.38 bits per heavy atom. The monoisotopic (exact) mass is 216 g/mol. The number of nitrogens with one attached hydrogen (secondary N) is 1. The van der Waals surface area contributed by atoms with Crippen LogP contribution < -0.4 is 11.1 Å². The normalized spacial score (nSPS) is 31.9. The second kappa shape index (κ2) is 2.84. The molecule has 1 aromatic rings. The molecule has 2 bridgehead atoms. The van der Waals surface area contributed by atoms with Crippen LogP contribution in [0, 0.1) is 5.92 Å². The van der Waals surface area contributed by atoms with Crippen LogP contribution in [0.3, 0.4) is 0 Å². The zero-order chi connectivity index (χ0) is 11.3. The van der Waals surface area contributed by atoms with E-state index in [0.29, 0.717) is 18.5 Å². The first-order valence-electron chi connectivity index (χ1n) is 5.33. The number of benzene rings is 1. The molecule has 2 aliphatic heterocycles. The van der Waals surface area contributed by atoms with Crippen molar-refractivity contribution in [1.29, 1.82) is 0 Å². The molecule has 3 aliphatic rings. The molecule has 4 rings (SSSR count). The third kappa shape index (κ3) is 1.04. The maximum absolute atomic E-state index is 11.9. The van der Waals surface area contributed by atoms with E-state index in [0.717, 1.165) is 5.56 Å².